The molecule has 0 fully saturated rings. The highest BCUT2D eigenvalue weighted by Crippen LogP contribution is 2.27. The topological polar surface area (TPSA) is 55.1 Å². The van der Waals surface area contributed by atoms with Crippen LogP contribution in [-0.4, -0.2) is 5.91 Å². The molecule has 0 radical (unpaired) electrons. The number of carbonyl (C=O) groups excluding carboxylic acids is 1. The molecule has 0 spiro atoms. The van der Waals surface area contributed by atoms with Crippen LogP contribution in [0.5, 0.6) is 0 Å². The minimum absolute atomic E-state index is 0.265. The fourth-order valence-corrected chi connectivity index (χ4v) is 2.25. The molecule has 3 nitrogen and oxygen atoms in total. The fourth-order valence-electron chi connectivity index (χ4n) is 1.47. The minimum Gasteiger partial charge on any atom is -0.398 e. The van der Waals surface area contributed by atoms with Gasteiger partial charge in [0.05, 0.1) is 10.7 Å². The summed E-state index contributed by atoms with van der Waals surface area (Å²) in [6, 6.07) is 10.3. The van der Waals surface area contributed by atoms with E-state index in [1.54, 1.807) is 36.4 Å². The molecule has 0 aliphatic heterocycles. The lowest BCUT2D eigenvalue weighted by Gasteiger charge is -2.08. The van der Waals surface area contributed by atoms with E-state index in [4.69, 9.17) is 17.3 Å². The lowest BCUT2D eigenvalue weighted by molar-refractivity contribution is 0.102. The van der Waals surface area contributed by atoms with Crippen molar-refractivity contribution >= 4 is 60.7 Å². The zero-order chi connectivity index (χ0) is 14.0. The molecule has 6 heteroatoms. The number of nitrogen functional groups attached to an aromatic ring is 1. The second-order valence-corrected chi connectivity index (χ2v) is 5.99. The average Bonchev–Trinajstić information content (AvgIpc) is 2.37. The number of hydrogen-bond donors (Lipinski definition) is 2. The summed E-state index contributed by atoms with van der Waals surface area (Å²) in [4.78, 5) is 12.1. The van der Waals surface area contributed by atoms with Crippen LogP contribution in [-0.2, 0) is 0 Å². The first kappa shape index (κ1) is 14.4. The maximum Gasteiger partial charge on any atom is 0.255 e. The van der Waals surface area contributed by atoms with Crippen molar-refractivity contribution in [3.05, 3.63) is 55.9 Å². The summed E-state index contributed by atoms with van der Waals surface area (Å²) < 4.78 is 1.59. The van der Waals surface area contributed by atoms with Gasteiger partial charge in [0.2, 0.25) is 0 Å². The standard InChI is InChI=1S/C13H9Br2ClN2O/c14-8-2-4-10(16)12(6-8)18-13(19)7-1-3-9(15)11(17)5-7/h1-6H,17H2,(H,18,19). The Morgan fingerprint density at radius 2 is 1.89 bits per heavy atom. The van der Waals surface area contributed by atoms with Crippen LogP contribution < -0.4 is 11.1 Å². The number of amides is 1. The van der Waals surface area contributed by atoms with Crippen molar-refractivity contribution in [3.8, 4) is 0 Å². The average molecular weight is 404 g/mol. The van der Waals surface area contributed by atoms with Crippen LogP contribution in [0.15, 0.2) is 45.3 Å². The van der Waals surface area contributed by atoms with E-state index >= 15 is 0 Å². The summed E-state index contributed by atoms with van der Waals surface area (Å²) in [7, 11) is 0. The van der Waals surface area contributed by atoms with E-state index in [1.165, 1.54) is 0 Å². The molecule has 0 saturated heterocycles. The maximum atomic E-state index is 12.1. The molecule has 0 bridgehead atoms. The van der Waals surface area contributed by atoms with Gasteiger partial charge in [0.1, 0.15) is 0 Å². The summed E-state index contributed by atoms with van der Waals surface area (Å²) in [5.74, 6) is -0.265. The van der Waals surface area contributed by atoms with E-state index in [2.05, 4.69) is 37.2 Å². The zero-order valence-electron chi connectivity index (χ0n) is 9.58. The predicted molar refractivity (Wildman–Crippen MR) is 85.7 cm³/mol. The molecule has 0 aliphatic carbocycles. The predicted octanol–water partition coefficient (Wildman–Crippen LogP) is 4.70. The van der Waals surface area contributed by atoms with Gasteiger partial charge in [0, 0.05) is 20.2 Å². The number of carbonyl (C=O) groups is 1. The second-order valence-electron chi connectivity index (χ2n) is 3.81. The molecule has 2 aromatic carbocycles. The first-order chi connectivity index (χ1) is 8.97. The van der Waals surface area contributed by atoms with Gasteiger partial charge in [-0.25, -0.2) is 0 Å². The van der Waals surface area contributed by atoms with Crippen molar-refractivity contribution in [3.63, 3.8) is 0 Å². The van der Waals surface area contributed by atoms with Gasteiger partial charge in [0.25, 0.3) is 5.91 Å². The normalized spacial score (nSPS) is 10.3. The van der Waals surface area contributed by atoms with Crippen LogP contribution in [0.1, 0.15) is 10.4 Å². The van der Waals surface area contributed by atoms with Crippen molar-refractivity contribution in [1.82, 2.24) is 0 Å². The zero-order valence-corrected chi connectivity index (χ0v) is 13.5. The lowest BCUT2D eigenvalue weighted by atomic mass is 10.2. The molecule has 1 amide bonds. The van der Waals surface area contributed by atoms with Crippen molar-refractivity contribution in [2.24, 2.45) is 0 Å². The lowest BCUT2D eigenvalue weighted by Crippen LogP contribution is -2.12. The monoisotopic (exact) mass is 402 g/mol. The Balaban J connectivity index is 2.25. The third-order valence-electron chi connectivity index (χ3n) is 2.43. The minimum atomic E-state index is -0.265. The second kappa shape index (κ2) is 5.94. The maximum absolute atomic E-state index is 12.1. The third kappa shape index (κ3) is 3.49. The van der Waals surface area contributed by atoms with Crippen LogP contribution in [0.4, 0.5) is 11.4 Å². The van der Waals surface area contributed by atoms with E-state index in [0.717, 1.165) is 8.95 Å². The Bertz CT molecular complexity index is 647. The molecule has 0 aliphatic rings. The third-order valence-corrected chi connectivity index (χ3v) is 3.98. The molecule has 0 atom stereocenters. The van der Waals surface area contributed by atoms with E-state index in [9.17, 15) is 4.79 Å². The number of anilines is 2. The molecule has 0 unspecified atom stereocenters. The molecule has 2 aromatic rings. The number of rotatable bonds is 2. The molecule has 98 valence electrons. The molecule has 0 saturated carbocycles. The summed E-state index contributed by atoms with van der Waals surface area (Å²) in [5, 5.41) is 3.22. The Kier molecular flexibility index (Phi) is 4.50. The number of nitrogens with two attached hydrogens (primary N) is 1. The highest BCUT2D eigenvalue weighted by molar-refractivity contribution is 9.10. The fraction of sp³-hybridized carbons (Fsp3) is 0. The summed E-state index contributed by atoms with van der Waals surface area (Å²) in [6.45, 7) is 0. The van der Waals surface area contributed by atoms with Crippen LogP contribution >= 0.6 is 43.5 Å². The molecular formula is C13H9Br2ClN2O. The Morgan fingerprint density at radius 3 is 2.58 bits per heavy atom. The largest absolute Gasteiger partial charge is 0.398 e. The van der Waals surface area contributed by atoms with Crippen molar-refractivity contribution in [2.75, 3.05) is 11.1 Å². The van der Waals surface area contributed by atoms with Crippen molar-refractivity contribution in [2.45, 2.75) is 0 Å². The van der Waals surface area contributed by atoms with Gasteiger partial charge >= 0.3 is 0 Å². The highest BCUT2D eigenvalue weighted by Gasteiger charge is 2.10. The van der Waals surface area contributed by atoms with Crippen LogP contribution in [0, 0.1) is 0 Å². The Morgan fingerprint density at radius 1 is 1.16 bits per heavy atom. The number of halogens is 3. The summed E-state index contributed by atoms with van der Waals surface area (Å²) in [5.41, 5.74) is 7.27. The first-order valence-corrected chi connectivity index (χ1v) is 7.25. The molecule has 19 heavy (non-hydrogen) atoms. The summed E-state index contributed by atoms with van der Waals surface area (Å²) >= 11 is 12.6. The Hall–Kier alpha value is -1.04. The van der Waals surface area contributed by atoms with Crippen LogP contribution in [0.25, 0.3) is 0 Å². The van der Waals surface area contributed by atoms with Gasteiger partial charge < -0.3 is 11.1 Å². The number of nitrogens with one attached hydrogen (secondary N) is 1. The van der Waals surface area contributed by atoms with Crippen LogP contribution in [0.3, 0.4) is 0 Å². The molecule has 3 N–H and O–H groups in total. The van der Waals surface area contributed by atoms with Crippen molar-refractivity contribution in [1.29, 1.82) is 0 Å². The van der Waals surface area contributed by atoms with Gasteiger partial charge in [-0.1, -0.05) is 27.5 Å². The van der Waals surface area contributed by atoms with Crippen LogP contribution in [0.2, 0.25) is 5.02 Å². The molecule has 0 aromatic heterocycles. The first-order valence-electron chi connectivity index (χ1n) is 5.29. The van der Waals surface area contributed by atoms with E-state index in [-0.39, 0.29) is 5.91 Å². The smallest absolute Gasteiger partial charge is 0.255 e. The number of hydrogen-bond acceptors (Lipinski definition) is 2. The van der Waals surface area contributed by atoms with Crippen molar-refractivity contribution < 1.29 is 4.79 Å². The molecule has 2 rings (SSSR count). The van der Waals surface area contributed by atoms with E-state index in [1.807, 2.05) is 0 Å². The highest BCUT2D eigenvalue weighted by atomic mass is 79.9. The number of benzene rings is 2. The SMILES string of the molecule is Nc1cc(C(=O)Nc2cc(Br)ccc2Cl)ccc1Br. The van der Waals surface area contributed by atoms with E-state index < -0.39 is 0 Å². The van der Waals surface area contributed by atoms with E-state index in [0.29, 0.717) is 22.0 Å². The van der Waals surface area contributed by atoms with Gasteiger partial charge in [0.15, 0.2) is 0 Å². The van der Waals surface area contributed by atoms with Gasteiger partial charge in [-0.3, -0.25) is 4.79 Å². The quantitative estimate of drug-likeness (QED) is 0.713. The molecular weight excluding hydrogens is 395 g/mol. The summed E-state index contributed by atoms with van der Waals surface area (Å²) in [6.07, 6.45) is 0. The van der Waals surface area contributed by atoms with Gasteiger partial charge in [-0.05, 0) is 52.3 Å². The van der Waals surface area contributed by atoms with Gasteiger partial charge in [-0.2, -0.15) is 0 Å². The molecule has 0 heterocycles. The Labute approximate surface area is 132 Å². The van der Waals surface area contributed by atoms with Gasteiger partial charge in [-0.15, -0.1) is 0 Å².